The van der Waals surface area contributed by atoms with Gasteiger partial charge in [0.05, 0.1) is 22.8 Å². The monoisotopic (exact) mass is 428 g/mol. The summed E-state index contributed by atoms with van der Waals surface area (Å²) in [6.45, 7) is 3.83. The number of fused-ring (bicyclic) bond motifs is 1. The van der Waals surface area contributed by atoms with Crippen molar-refractivity contribution in [1.29, 1.82) is 0 Å². The second kappa shape index (κ2) is 7.61. The lowest BCUT2D eigenvalue weighted by atomic mass is 10.1. The molecule has 1 heterocycles. The van der Waals surface area contributed by atoms with E-state index in [9.17, 15) is 13.4 Å². The third-order valence-corrected chi connectivity index (χ3v) is 6.79. The molecule has 4 nitrogen and oxygen atoms in total. The highest BCUT2D eigenvalue weighted by molar-refractivity contribution is 7.87. The maximum absolute atomic E-state index is 14.4. The van der Waals surface area contributed by atoms with Gasteiger partial charge in [-0.1, -0.05) is 35.9 Å². The van der Waals surface area contributed by atoms with Crippen LogP contribution in [0.3, 0.4) is 0 Å². The number of aryl methyl sites for hydroxylation is 2. The van der Waals surface area contributed by atoms with Crippen LogP contribution in [0.15, 0.2) is 65.6 Å². The van der Waals surface area contributed by atoms with Gasteiger partial charge in [-0.3, -0.25) is 4.90 Å². The van der Waals surface area contributed by atoms with E-state index in [0.29, 0.717) is 16.3 Å². The lowest BCUT2D eigenvalue weighted by molar-refractivity contribution is 0.254. The Kier molecular flexibility index (Phi) is 5.15. The summed E-state index contributed by atoms with van der Waals surface area (Å²) in [4.78, 5) is 15.3. The van der Waals surface area contributed by atoms with Crippen LogP contribution in [-0.2, 0) is 17.5 Å². The molecule has 1 aliphatic heterocycles. The Hall–Kier alpha value is -2.70. The molecule has 1 aliphatic rings. The van der Waals surface area contributed by atoms with Crippen LogP contribution in [0, 0.1) is 19.7 Å². The van der Waals surface area contributed by atoms with Crippen LogP contribution in [0.25, 0.3) is 0 Å². The van der Waals surface area contributed by atoms with Gasteiger partial charge < -0.3 is 0 Å². The van der Waals surface area contributed by atoms with Crippen LogP contribution in [0.1, 0.15) is 16.7 Å². The summed E-state index contributed by atoms with van der Waals surface area (Å²) in [5, 5.41) is 0.236. The highest BCUT2D eigenvalue weighted by Gasteiger charge is 2.37. The van der Waals surface area contributed by atoms with E-state index in [4.69, 9.17) is 11.6 Å². The zero-order valence-corrected chi connectivity index (χ0v) is 17.4. The molecular formula is C22H18ClFN2O2S. The molecule has 0 radical (unpaired) electrons. The fourth-order valence-electron chi connectivity index (χ4n) is 3.26. The van der Waals surface area contributed by atoms with Crippen molar-refractivity contribution in [3.05, 3.63) is 88.2 Å². The molecule has 2 amide bonds. The van der Waals surface area contributed by atoms with E-state index in [-0.39, 0.29) is 17.1 Å². The van der Waals surface area contributed by atoms with E-state index in [2.05, 4.69) is 0 Å². The topological polar surface area (TPSA) is 40.6 Å². The molecule has 1 unspecified atom stereocenters. The second-order valence-electron chi connectivity index (χ2n) is 6.85. The van der Waals surface area contributed by atoms with E-state index in [1.165, 1.54) is 21.3 Å². The van der Waals surface area contributed by atoms with Gasteiger partial charge >= 0.3 is 6.03 Å². The minimum Gasteiger partial charge on any atom is -0.287 e. The summed E-state index contributed by atoms with van der Waals surface area (Å²) < 4.78 is 28.9. The number of carbonyl (C=O) groups excluding carboxylic acids is 1. The zero-order chi connectivity index (χ0) is 20.7. The van der Waals surface area contributed by atoms with Crippen molar-refractivity contribution >= 4 is 40.0 Å². The van der Waals surface area contributed by atoms with Crippen molar-refractivity contribution in [2.75, 3.05) is 9.21 Å². The predicted octanol–water partition coefficient (Wildman–Crippen LogP) is 5.77. The van der Waals surface area contributed by atoms with Crippen molar-refractivity contribution in [3.63, 3.8) is 0 Å². The maximum atomic E-state index is 14.4. The van der Waals surface area contributed by atoms with Crippen molar-refractivity contribution < 1.29 is 13.4 Å². The first-order chi connectivity index (χ1) is 13.9. The number of halogens is 2. The fourth-order valence-corrected chi connectivity index (χ4v) is 4.78. The van der Waals surface area contributed by atoms with E-state index in [0.717, 1.165) is 11.1 Å². The van der Waals surface area contributed by atoms with Gasteiger partial charge in [0.15, 0.2) is 11.0 Å². The Balaban J connectivity index is 1.84. The van der Waals surface area contributed by atoms with Crippen LogP contribution < -0.4 is 9.21 Å². The SMILES string of the molecule is Cc1ccc(N2C(=O)N(Cc3c(F)cccc3Cl)c3ccccc3S2=O)cc1C. The molecule has 3 aromatic carbocycles. The van der Waals surface area contributed by atoms with Gasteiger partial charge in [-0.2, -0.15) is 0 Å². The molecule has 3 aromatic rings. The van der Waals surface area contributed by atoms with Crippen molar-refractivity contribution in [2.24, 2.45) is 0 Å². The first kappa shape index (κ1) is 19.6. The Morgan fingerprint density at radius 2 is 1.76 bits per heavy atom. The Labute approximate surface area is 176 Å². The maximum Gasteiger partial charge on any atom is 0.341 e. The van der Waals surface area contributed by atoms with Crippen LogP contribution >= 0.6 is 11.6 Å². The summed E-state index contributed by atoms with van der Waals surface area (Å²) in [7, 11) is -1.72. The number of hydrogen-bond acceptors (Lipinski definition) is 2. The molecule has 0 saturated carbocycles. The molecule has 29 heavy (non-hydrogen) atoms. The molecule has 0 saturated heterocycles. The number of carbonyl (C=O) groups is 1. The molecule has 0 spiro atoms. The van der Waals surface area contributed by atoms with Crippen molar-refractivity contribution in [3.8, 4) is 0 Å². The van der Waals surface area contributed by atoms with Crippen molar-refractivity contribution in [1.82, 2.24) is 0 Å². The van der Waals surface area contributed by atoms with Crippen molar-refractivity contribution in [2.45, 2.75) is 25.3 Å². The molecule has 1 atom stereocenters. The molecule has 0 bridgehead atoms. The molecule has 148 valence electrons. The molecule has 4 rings (SSSR count). The second-order valence-corrected chi connectivity index (χ2v) is 8.56. The number of para-hydroxylation sites is 1. The normalized spacial score (nSPS) is 16.1. The van der Waals surface area contributed by atoms with Gasteiger partial charge in [-0.15, -0.1) is 0 Å². The van der Waals surface area contributed by atoms with Gasteiger partial charge in [0.2, 0.25) is 0 Å². The predicted molar refractivity (Wildman–Crippen MR) is 114 cm³/mol. The quantitative estimate of drug-likeness (QED) is 0.531. The van der Waals surface area contributed by atoms with Crippen LogP contribution in [0.2, 0.25) is 5.02 Å². The number of anilines is 2. The van der Waals surface area contributed by atoms with Crippen LogP contribution in [-0.4, -0.2) is 10.2 Å². The summed E-state index contributed by atoms with van der Waals surface area (Å²) in [5.74, 6) is -0.493. The number of nitrogens with zero attached hydrogens (tertiary/aromatic N) is 2. The highest BCUT2D eigenvalue weighted by atomic mass is 35.5. The minimum absolute atomic E-state index is 0.0695. The lowest BCUT2D eigenvalue weighted by Crippen LogP contribution is -2.48. The Morgan fingerprint density at radius 3 is 2.48 bits per heavy atom. The summed E-state index contributed by atoms with van der Waals surface area (Å²) in [6, 6.07) is 16.3. The Morgan fingerprint density at radius 1 is 1.00 bits per heavy atom. The van der Waals surface area contributed by atoms with Gasteiger partial charge in [-0.25, -0.2) is 17.7 Å². The zero-order valence-electron chi connectivity index (χ0n) is 15.9. The fraction of sp³-hybridized carbons (Fsp3) is 0.136. The Bertz CT molecular complexity index is 1130. The summed E-state index contributed by atoms with van der Waals surface area (Å²) in [5.41, 5.74) is 3.27. The molecule has 0 N–H and O–H groups in total. The summed E-state index contributed by atoms with van der Waals surface area (Å²) in [6.07, 6.45) is 0. The summed E-state index contributed by atoms with van der Waals surface area (Å²) >= 11 is 6.19. The first-order valence-corrected chi connectivity index (χ1v) is 10.5. The van der Waals surface area contributed by atoms with Crippen LogP contribution in [0.5, 0.6) is 0 Å². The number of rotatable bonds is 3. The average Bonchev–Trinajstić information content (AvgIpc) is 2.70. The third-order valence-electron chi connectivity index (χ3n) is 5.02. The van der Waals surface area contributed by atoms with E-state index >= 15 is 0 Å². The smallest absolute Gasteiger partial charge is 0.287 e. The van der Waals surface area contributed by atoms with E-state index in [1.807, 2.05) is 26.0 Å². The van der Waals surface area contributed by atoms with Gasteiger partial charge in [-0.05, 0) is 61.4 Å². The van der Waals surface area contributed by atoms with Gasteiger partial charge in [0, 0.05) is 10.6 Å². The molecule has 0 fully saturated rings. The van der Waals surface area contributed by atoms with Gasteiger partial charge in [0.1, 0.15) is 5.82 Å². The van der Waals surface area contributed by atoms with E-state index < -0.39 is 22.8 Å². The highest BCUT2D eigenvalue weighted by Crippen LogP contribution is 2.37. The minimum atomic E-state index is -1.72. The lowest BCUT2D eigenvalue weighted by Gasteiger charge is -2.36. The number of hydrogen-bond donors (Lipinski definition) is 0. The number of amides is 2. The average molecular weight is 429 g/mol. The molecule has 7 heteroatoms. The van der Waals surface area contributed by atoms with E-state index in [1.54, 1.807) is 36.4 Å². The van der Waals surface area contributed by atoms with Gasteiger partial charge in [0.25, 0.3) is 0 Å². The molecular weight excluding hydrogens is 411 g/mol. The third kappa shape index (κ3) is 3.43. The molecule has 0 aromatic heterocycles. The molecule has 0 aliphatic carbocycles. The van der Waals surface area contributed by atoms with Crippen LogP contribution in [0.4, 0.5) is 20.6 Å². The number of benzene rings is 3. The standard InChI is InChI=1S/C22H18ClFN2O2S/c1-14-10-11-16(12-15(14)2)26-22(27)25(13-17-18(23)6-5-7-19(17)24)20-8-3-4-9-21(20)29(26)28/h3-12H,13H2,1-2H3. The number of urea groups is 1. The first-order valence-electron chi connectivity index (χ1n) is 9.01. The largest absolute Gasteiger partial charge is 0.341 e.